The highest BCUT2D eigenvalue weighted by atomic mass is 32.2. The minimum atomic E-state index is -3.53. The number of sulfone groups is 1. The number of nitrogens with two attached hydrogens (primary N) is 1. The monoisotopic (exact) mass is 334 g/mol. The summed E-state index contributed by atoms with van der Waals surface area (Å²) in [6.45, 7) is 5.77. The molecule has 8 heteroatoms. The van der Waals surface area contributed by atoms with Crippen LogP contribution in [0.5, 0.6) is 0 Å². The molecule has 0 saturated carbocycles. The van der Waals surface area contributed by atoms with E-state index in [1.165, 1.54) is 0 Å². The maximum Gasteiger partial charge on any atom is 0.180 e. The van der Waals surface area contributed by atoms with E-state index in [0.29, 0.717) is 11.6 Å². The molecule has 0 radical (unpaired) electrons. The largest absolute Gasteiger partial charge is 0.396 e. The van der Waals surface area contributed by atoms with Gasteiger partial charge in [-0.1, -0.05) is 13.8 Å². The quantitative estimate of drug-likeness (QED) is 0.740. The van der Waals surface area contributed by atoms with Crippen LogP contribution in [0.2, 0.25) is 0 Å². The standard InChI is InChI=1S/C13H22N2O4S2/c1-7(2)10(16)11-9(14)12(21(5,17)18)13(20-11)15-8(3)6-19-4/h7-8,15H,6,14H2,1-5H3. The van der Waals surface area contributed by atoms with Crippen LogP contribution in [0.15, 0.2) is 4.90 Å². The molecule has 0 spiro atoms. The highest BCUT2D eigenvalue weighted by Gasteiger charge is 2.28. The SMILES string of the molecule is COCC(C)Nc1sc(C(=O)C(C)C)c(N)c1S(C)(=O)=O. The summed E-state index contributed by atoms with van der Waals surface area (Å²) in [5, 5.41) is 3.45. The van der Waals surface area contributed by atoms with Crippen molar-refractivity contribution in [2.45, 2.75) is 31.7 Å². The Balaban J connectivity index is 3.35. The summed E-state index contributed by atoms with van der Waals surface area (Å²) >= 11 is 1.08. The van der Waals surface area contributed by atoms with Gasteiger partial charge in [-0.3, -0.25) is 4.79 Å². The summed E-state index contributed by atoms with van der Waals surface area (Å²) in [7, 11) is -1.97. The maximum atomic E-state index is 12.2. The first-order valence-corrected chi connectivity index (χ1v) is 9.22. The molecule has 0 aliphatic rings. The first kappa shape index (κ1) is 17.9. The second kappa shape index (κ2) is 6.76. The molecule has 0 aliphatic heterocycles. The van der Waals surface area contributed by atoms with Gasteiger partial charge >= 0.3 is 0 Å². The number of ether oxygens (including phenoxy) is 1. The Kier molecular flexibility index (Phi) is 5.77. The Morgan fingerprint density at radius 1 is 1.38 bits per heavy atom. The van der Waals surface area contributed by atoms with Gasteiger partial charge in [0.15, 0.2) is 15.6 Å². The summed E-state index contributed by atoms with van der Waals surface area (Å²) in [5.74, 6) is -0.405. The molecule has 1 atom stereocenters. The molecular weight excluding hydrogens is 312 g/mol. The van der Waals surface area contributed by atoms with Crippen molar-refractivity contribution in [2.75, 3.05) is 31.0 Å². The van der Waals surface area contributed by atoms with Crippen molar-refractivity contribution in [1.29, 1.82) is 0 Å². The molecule has 0 bridgehead atoms. The van der Waals surface area contributed by atoms with Gasteiger partial charge < -0.3 is 15.8 Å². The number of nitrogen functional groups attached to an aromatic ring is 1. The van der Waals surface area contributed by atoms with Crippen molar-refractivity contribution in [1.82, 2.24) is 0 Å². The van der Waals surface area contributed by atoms with E-state index >= 15 is 0 Å². The third-order valence-electron chi connectivity index (χ3n) is 2.81. The summed E-state index contributed by atoms with van der Waals surface area (Å²) < 4.78 is 28.9. The van der Waals surface area contributed by atoms with Crippen LogP contribution in [0.25, 0.3) is 0 Å². The normalized spacial score (nSPS) is 13.4. The lowest BCUT2D eigenvalue weighted by atomic mass is 10.1. The summed E-state index contributed by atoms with van der Waals surface area (Å²) in [4.78, 5) is 12.4. The van der Waals surface area contributed by atoms with E-state index in [2.05, 4.69) is 5.32 Å². The first-order chi connectivity index (χ1) is 9.59. The minimum absolute atomic E-state index is 0.000506. The average Bonchev–Trinajstić information content (AvgIpc) is 2.64. The van der Waals surface area contributed by atoms with Gasteiger partial charge in [-0.15, -0.1) is 11.3 Å². The van der Waals surface area contributed by atoms with Crippen LogP contribution in [0, 0.1) is 5.92 Å². The van der Waals surface area contributed by atoms with E-state index in [0.717, 1.165) is 17.6 Å². The minimum Gasteiger partial charge on any atom is -0.396 e. The number of ketones is 1. The lowest BCUT2D eigenvalue weighted by Gasteiger charge is -2.13. The topological polar surface area (TPSA) is 98.5 Å². The highest BCUT2D eigenvalue weighted by Crippen LogP contribution is 2.40. The Bertz CT molecular complexity index is 620. The van der Waals surface area contributed by atoms with Crippen LogP contribution in [-0.2, 0) is 14.6 Å². The van der Waals surface area contributed by atoms with Gasteiger partial charge in [0.2, 0.25) is 0 Å². The van der Waals surface area contributed by atoms with E-state index in [1.807, 2.05) is 6.92 Å². The van der Waals surface area contributed by atoms with Crippen molar-refractivity contribution >= 4 is 37.6 Å². The summed E-state index contributed by atoms with van der Waals surface area (Å²) in [5.41, 5.74) is 5.95. The molecule has 0 amide bonds. The maximum absolute atomic E-state index is 12.2. The summed E-state index contributed by atoms with van der Waals surface area (Å²) in [6.07, 6.45) is 1.08. The molecule has 1 unspecified atom stereocenters. The molecule has 1 heterocycles. The number of nitrogens with one attached hydrogen (secondary N) is 1. The molecule has 3 N–H and O–H groups in total. The van der Waals surface area contributed by atoms with Gasteiger partial charge in [-0.05, 0) is 6.92 Å². The van der Waals surface area contributed by atoms with Gasteiger partial charge in [0, 0.05) is 25.3 Å². The molecule has 6 nitrogen and oxygen atoms in total. The molecule has 21 heavy (non-hydrogen) atoms. The van der Waals surface area contributed by atoms with E-state index < -0.39 is 9.84 Å². The van der Waals surface area contributed by atoms with Gasteiger partial charge in [-0.25, -0.2) is 8.42 Å². The lowest BCUT2D eigenvalue weighted by molar-refractivity contribution is 0.0944. The highest BCUT2D eigenvalue weighted by molar-refractivity contribution is 7.91. The van der Waals surface area contributed by atoms with Crippen LogP contribution in [0.1, 0.15) is 30.4 Å². The van der Waals surface area contributed by atoms with Crippen LogP contribution >= 0.6 is 11.3 Å². The Morgan fingerprint density at radius 3 is 2.38 bits per heavy atom. The van der Waals surface area contributed by atoms with Crippen molar-refractivity contribution in [2.24, 2.45) is 5.92 Å². The zero-order valence-corrected chi connectivity index (χ0v) is 14.5. The van der Waals surface area contributed by atoms with Gasteiger partial charge in [0.05, 0.1) is 17.2 Å². The summed E-state index contributed by atoms with van der Waals surface area (Å²) in [6, 6.07) is -0.101. The number of Topliss-reactive ketones (excluding diaryl/α,β-unsaturated/α-hetero) is 1. The molecule has 1 rings (SSSR count). The number of hydrogen-bond acceptors (Lipinski definition) is 7. The third-order valence-corrected chi connectivity index (χ3v) is 5.26. The lowest BCUT2D eigenvalue weighted by Crippen LogP contribution is -2.21. The Morgan fingerprint density at radius 2 is 1.95 bits per heavy atom. The molecule has 0 fully saturated rings. The predicted molar refractivity (Wildman–Crippen MR) is 86.0 cm³/mol. The van der Waals surface area contributed by atoms with Crippen LogP contribution in [-0.4, -0.2) is 40.2 Å². The van der Waals surface area contributed by atoms with Crippen molar-refractivity contribution < 1.29 is 17.9 Å². The zero-order valence-electron chi connectivity index (χ0n) is 12.9. The van der Waals surface area contributed by atoms with Crippen molar-refractivity contribution in [3.8, 4) is 0 Å². The number of thiophene rings is 1. The van der Waals surface area contributed by atoms with E-state index in [9.17, 15) is 13.2 Å². The fourth-order valence-corrected chi connectivity index (χ4v) is 4.61. The van der Waals surface area contributed by atoms with E-state index in [4.69, 9.17) is 10.5 Å². The van der Waals surface area contributed by atoms with Gasteiger partial charge in [0.25, 0.3) is 0 Å². The fourth-order valence-electron chi connectivity index (χ4n) is 1.85. The smallest absolute Gasteiger partial charge is 0.180 e. The number of rotatable bonds is 7. The van der Waals surface area contributed by atoms with Crippen LogP contribution in [0.3, 0.4) is 0 Å². The average molecular weight is 334 g/mol. The van der Waals surface area contributed by atoms with E-state index in [1.54, 1.807) is 21.0 Å². The molecule has 0 aromatic carbocycles. The number of methoxy groups -OCH3 is 1. The predicted octanol–water partition coefficient (Wildman–Crippen LogP) is 2.02. The number of hydrogen-bond donors (Lipinski definition) is 2. The zero-order chi connectivity index (χ0) is 16.4. The second-order valence-electron chi connectivity index (χ2n) is 5.29. The Labute approximate surface area is 129 Å². The number of carbonyl (C=O) groups excluding carboxylic acids is 1. The molecular formula is C13H22N2O4S2. The fraction of sp³-hybridized carbons (Fsp3) is 0.615. The van der Waals surface area contributed by atoms with Crippen molar-refractivity contribution in [3.05, 3.63) is 4.88 Å². The van der Waals surface area contributed by atoms with Crippen LogP contribution in [0.4, 0.5) is 10.7 Å². The Hall–Kier alpha value is -1.12. The first-order valence-electron chi connectivity index (χ1n) is 6.51. The number of anilines is 2. The van der Waals surface area contributed by atoms with Crippen molar-refractivity contribution in [3.63, 3.8) is 0 Å². The molecule has 0 aliphatic carbocycles. The van der Waals surface area contributed by atoms with E-state index in [-0.39, 0.29) is 33.2 Å². The second-order valence-corrected chi connectivity index (χ2v) is 8.27. The van der Waals surface area contributed by atoms with Gasteiger partial charge in [-0.2, -0.15) is 0 Å². The molecule has 1 aromatic heterocycles. The molecule has 1 aromatic rings. The molecule has 120 valence electrons. The molecule has 0 saturated heterocycles. The van der Waals surface area contributed by atoms with Gasteiger partial charge in [0.1, 0.15) is 9.90 Å². The van der Waals surface area contributed by atoms with Crippen LogP contribution < -0.4 is 11.1 Å². The number of carbonyl (C=O) groups is 1. The third kappa shape index (κ3) is 4.18.